The van der Waals surface area contributed by atoms with Gasteiger partial charge in [-0.2, -0.15) is 0 Å². The topological polar surface area (TPSA) is 179 Å². The van der Waals surface area contributed by atoms with Crippen molar-refractivity contribution in [2.45, 2.75) is 91.4 Å². The minimum atomic E-state index is -2.29. The summed E-state index contributed by atoms with van der Waals surface area (Å²) in [5, 5.41) is 29.8. The first-order valence-corrected chi connectivity index (χ1v) is 27.8. The molecule has 6 aromatic rings. The first-order valence-electron chi connectivity index (χ1n) is 24.6. The number of carbonyl (C=O) groups excluding carboxylic acids is 4. The van der Waals surface area contributed by atoms with Crippen LogP contribution in [0.4, 0.5) is 11.4 Å². The molecule has 2 amide bonds. The van der Waals surface area contributed by atoms with Crippen molar-refractivity contribution in [3.63, 3.8) is 0 Å². The summed E-state index contributed by atoms with van der Waals surface area (Å²) in [6.07, 6.45) is 2.96. The van der Waals surface area contributed by atoms with E-state index in [0.29, 0.717) is 49.4 Å². The zero-order valence-electron chi connectivity index (χ0n) is 44.0. The average Bonchev–Trinajstić information content (AvgIpc) is 3.38. The molecule has 0 bridgehead atoms. The summed E-state index contributed by atoms with van der Waals surface area (Å²) in [4.78, 5) is 53.7. The number of benzene rings is 6. The monoisotopic (exact) mass is 1020 g/mol. The molecule has 2 unspecified atom stereocenters. The van der Waals surface area contributed by atoms with Crippen LogP contribution in [0.5, 0.6) is 0 Å². The van der Waals surface area contributed by atoms with Crippen molar-refractivity contribution >= 4 is 51.0 Å². The van der Waals surface area contributed by atoms with Gasteiger partial charge < -0.3 is 38.7 Å². The SMILES string of the molecule is CC(C)C[C@H](N[PH](=O)CCc1ccccc1)C(=O)N(c1ccc(-c2ccccc2)cc1)[C@@H](C)C(=O)[O-].CC(C)C[C@H](N[PH](=O)CCc1ccccc1)C(=O)N(c1ccc(-c2ccccc2)cc1)[C@@H](C)C(=O)[O-].[Li+].[Li+]. The Labute approximate surface area is 463 Å². The quantitative estimate of drug-likeness (QED) is 0.0677. The Morgan fingerprint density at radius 1 is 0.432 bits per heavy atom. The molecule has 0 aliphatic rings. The van der Waals surface area contributed by atoms with E-state index in [2.05, 4.69) is 10.2 Å². The Balaban J connectivity index is 0.000000380. The molecule has 6 aromatic carbocycles. The van der Waals surface area contributed by atoms with Crippen LogP contribution in [0.25, 0.3) is 22.3 Å². The molecule has 16 heteroatoms. The van der Waals surface area contributed by atoms with Gasteiger partial charge in [-0.05, 0) is 109 Å². The third kappa shape index (κ3) is 19.8. The zero-order valence-corrected chi connectivity index (χ0v) is 46.0. The number of carboxylic acid groups (broad SMARTS) is 2. The minimum absolute atomic E-state index is 0. The van der Waals surface area contributed by atoms with Crippen molar-refractivity contribution in [2.24, 2.45) is 11.8 Å². The van der Waals surface area contributed by atoms with Crippen molar-refractivity contribution in [3.8, 4) is 22.3 Å². The second-order valence-electron chi connectivity index (χ2n) is 18.7. The van der Waals surface area contributed by atoms with Gasteiger partial charge in [-0.1, -0.05) is 173 Å². The minimum Gasteiger partial charge on any atom is -0.548 e. The van der Waals surface area contributed by atoms with Crippen LogP contribution in [0, 0.1) is 11.8 Å². The van der Waals surface area contributed by atoms with Crippen LogP contribution in [-0.2, 0) is 41.1 Å². The normalized spacial score (nSPS) is 13.3. The molecule has 0 radical (unpaired) electrons. The molecule has 0 aromatic heterocycles. The number of carbonyl (C=O) groups is 4. The van der Waals surface area contributed by atoms with Crippen molar-refractivity contribution in [1.29, 1.82) is 0 Å². The van der Waals surface area contributed by atoms with E-state index in [4.69, 9.17) is 0 Å². The third-order valence-electron chi connectivity index (χ3n) is 12.1. The predicted octanol–water partition coefficient (Wildman–Crippen LogP) is 3.10. The molecule has 12 nitrogen and oxygen atoms in total. The van der Waals surface area contributed by atoms with Gasteiger partial charge >= 0.3 is 37.7 Å². The van der Waals surface area contributed by atoms with Gasteiger partial charge in [0, 0.05) is 23.7 Å². The summed E-state index contributed by atoms with van der Waals surface area (Å²) < 4.78 is 25.9. The summed E-state index contributed by atoms with van der Waals surface area (Å²) in [6.45, 7) is 10.8. The Morgan fingerprint density at radius 3 is 0.973 bits per heavy atom. The van der Waals surface area contributed by atoms with Crippen molar-refractivity contribution < 1.29 is 76.2 Å². The number of nitrogens with one attached hydrogen (secondary N) is 2. The Hall–Kier alpha value is -5.23. The van der Waals surface area contributed by atoms with E-state index in [1.807, 2.05) is 173 Å². The Morgan fingerprint density at radius 2 is 0.703 bits per heavy atom. The molecule has 0 aliphatic carbocycles. The number of hydrogen-bond donors (Lipinski definition) is 2. The predicted molar refractivity (Wildman–Crippen MR) is 288 cm³/mol. The number of carboxylic acids is 2. The summed E-state index contributed by atoms with van der Waals surface area (Å²) in [5.74, 6) is -3.28. The van der Waals surface area contributed by atoms with E-state index in [0.717, 1.165) is 33.4 Å². The molecule has 0 heterocycles. The molecule has 0 fully saturated rings. The van der Waals surface area contributed by atoms with Crippen molar-refractivity contribution in [3.05, 3.63) is 181 Å². The number of aliphatic carboxylic acids is 2. The fourth-order valence-corrected chi connectivity index (χ4v) is 10.8. The number of hydrogen-bond acceptors (Lipinski definition) is 8. The van der Waals surface area contributed by atoms with Gasteiger partial charge in [0.25, 0.3) is 0 Å². The Kier molecular flexibility index (Phi) is 27.5. The van der Waals surface area contributed by atoms with Crippen LogP contribution in [0.2, 0.25) is 0 Å². The van der Waals surface area contributed by atoms with Crippen molar-refractivity contribution in [2.75, 3.05) is 22.1 Å². The molecular weight excluding hydrogens is 956 g/mol. The van der Waals surface area contributed by atoms with Gasteiger partial charge in [-0.25, -0.2) is 0 Å². The number of amides is 2. The smallest absolute Gasteiger partial charge is 0.548 e. The second kappa shape index (κ2) is 32.3. The van der Waals surface area contributed by atoms with E-state index in [1.165, 1.54) is 23.6 Å². The van der Waals surface area contributed by atoms with Crippen LogP contribution in [-0.4, -0.2) is 60.2 Å². The van der Waals surface area contributed by atoms with E-state index < -0.39 is 63.8 Å². The first kappa shape index (κ1) is 63.1. The average molecular weight is 1030 g/mol. The first-order chi connectivity index (χ1) is 34.5. The molecule has 6 rings (SSSR count). The fraction of sp³-hybridized carbons (Fsp3) is 0.310. The molecule has 380 valence electrons. The second-order valence-corrected chi connectivity index (χ2v) is 22.0. The van der Waals surface area contributed by atoms with Crippen LogP contribution in [0.1, 0.15) is 65.5 Å². The van der Waals surface area contributed by atoms with Crippen molar-refractivity contribution in [1.82, 2.24) is 10.2 Å². The maximum atomic E-state index is 13.7. The zero-order chi connectivity index (χ0) is 52.2. The van der Waals surface area contributed by atoms with Crippen LogP contribution in [0.3, 0.4) is 0 Å². The molecule has 6 atom stereocenters. The molecule has 0 saturated heterocycles. The fourth-order valence-electron chi connectivity index (χ4n) is 8.24. The Bertz CT molecular complexity index is 2500. The van der Waals surface area contributed by atoms with E-state index >= 15 is 0 Å². The largest absolute Gasteiger partial charge is 1.00 e. The molecule has 0 aliphatic heterocycles. The van der Waals surface area contributed by atoms with Crippen LogP contribution in [0.15, 0.2) is 170 Å². The molecule has 0 saturated carbocycles. The standard InChI is InChI=1S/2C29H35N2O4P.2Li/c2*1-21(2)20-27(30-36(35)19-18-23-10-6-4-7-11-23)28(32)31(22(3)29(33)34)26-16-14-25(15-17-26)24-12-8-5-9-13-24;;/h2*4-17,21-22,27,36H,18-20H2,1-3H3,(H,30,35)(H,33,34);;/q;;2*+1/p-2/t2*22-,27-;;/m00../s1. The molecule has 0 spiro atoms. The molecular formula is C58H68Li2N4O8P2. The van der Waals surface area contributed by atoms with Gasteiger partial charge in [0.1, 0.15) is 15.9 Å². The van der Waals surface area contributed by atoms with Crippen LogP contribution < -0.4 is 67.9 Å². The number of rotatable bonds is 24. The molecule has 74 heavy (non-hydrogen) atoms. The third-order valence-corrected chi connectivity index (χ3v) is 14.8. The van der Waals surface area contributed by atoms with E-state index in [-0.39, 0.29) is 49.6 Å². The summed E-state index contributed by atoms with van der Waals surface area (Å²) >= 11 is 0. The molecule has 2 N–H and O–H groups in total. The summed E-state index contributed by atoms with van der Waals surface area (Å²) in [6, 6.07) is 49.6. The van der Waals surface area contributed by atoms with Gasteiger partial charge in [0.2, 0.25) is 11.8 Å². The maximum absolute atomic E-state index is 13.7. The van der Waals surface area contributed by atoms with E-state index in [1.54, 1.807) is 24.3 Å². The van der Waals surface area contributed by atoms with Gasteiger partial charge in [0.05, 0.1) is 36.1 Å². The van der Waals surface area contributed by atoms with E-state index in [9.17, 15) is 38.5 Å². The van der Waals surface area contributed by atoms with Gasteiger partial charge in [0.15, 0.2) is 0 Å². The van der Waals surface area contributed by atoms with Crippen LogP contribution >= 0.6 is 15.9 Å². The number of nitrogens with zero attached hydrogens (tertiary/aromatic N) is 2. The van der Waals surface area contributed by atoms with Gasteiger partial charge in [-0.15, -0.1) is 0 Å². The number of anilines is 2. The maximum Gasteiger partial charge on any atom is 1.00 e. The number of aryl methyl sites for hydroxylation is 2. The van der Waals surface area contributed by atoms with Gasteiger partial charge in [-0.3, -0.25) is 19.8 Å². The summed E-state index contributed by atoms with van der Waals surface area (Å²) in [7, 11) is -4.58. The summed E-state index contributed by atoms with van der Waals surface area (Å²) in [5.41, 5.74) is 7.01.